The van der Waals surface area contributed by atoms with Crippen LogP contribution in [0.2, 0.25) is 0 Å². The fourth-order valence-electron chi connectivity index (χ4n) is 2.89. The Kier molecular flexibility index (Phi) is 4.50. The summed E-state index contributed by atoms with van der Waals surface area (Å²) in [6, 6.07) is 0. The van der Waals surface area contributed by atoms with Crippen molar-refractivity contribution in [2.24, 2.45) is 0 Å². The first-order chi connectivity index (χ1) is 10.3. The van der Waals surface area contributed by atoms with Crippen LogP contribution in [-0.4, -0.2) is 47.6 Å². The lowest BCUT2D eigenvalue weighted by atomic mass is 10.0. The Bertz CT molecular complexity index is 582. The maximum atomic E-state index is 11.7. The van der Waals surface area contributed by atoms with Crippen molar-refractivity contribution >= 4 is 5.82 Å². The van der Waals surface area contributed by atoms with Gasteiger partial charge >= 0.3 is 0 Å². The standard InChI is InChI=1S/C16H22N4O/c21-16-15(17-7-8-18-16)20-12-10-19(11-13-20)9-6-14-4-2-1-3-5-14/h2,4-5,7-8H,1,3,6,9-13H2,(H,18,21). The minimum absolute atomic E-state index is 0.0940. The fraction of sp³-hybridized carbons (Fsp3) is 0.500. The number of allylic oxidation sites excluding steroid dienone is 3. The lowest BCUT2D eigenvalue weighted by Gasteiger charge is -2.35. The molecule has 2 aliphatic rings. The van der Waals surface area contributed by atoms with Gasteiger partial charge in [0.15, 0.2) is 5.82 Å². The third kappa shape index (κ3) is 3.61. The number of hydrogen-bond donors (Lipinski definition) is 1. The molecule has 112 valence electrons. The molecule has 1 N–H and O–H groups in total. The molecule has 0 saturated carbocycles. The third-order valence-electron chi connectivity index (χ3n) is 4.15. The highest BCUT2D eigenvalue weighted by atomic mass is 16.1. The molecular formula is C16H22N4O. The molecule has 21 heavy (non-hydrogen) atoms. The lowest BCUT2D eigenvalue weighted by molar-refractivity contribution is 0.260. The van der Waals surface area contributed by atoms with Crippen molar-refractivity contribution in [1.82, 2.24) is 14.9 Å². The van der Waals surface area contributed by atoms with E-state index in [1.807, 2.05) is 0 Å². The van der Waals surface area contributed by atoms with Crippen LogP contribution in [0.4, 0.5) is 5.82 Å². The zero-order valence-electron chi connectivity index (χ0n) is 12.3. The molecule has 1 saturated heterocycles. The fourth-order valence-corrected chi connectivity index (χ4v) is 2.89. The minimum Gasteiger partial charge on any atom is -0.349 e. The molecule has 5 heteroatoms. The van der Waals surface area contributed by atoms with Crippen molar-refractivity contribution in [2.75, 3.05) is 37.6 Å². The van der Waals surface area contributed by atoms with Crippen LogP contribution in [0.15, 0.2) is 41.0 Å². The molecule has 0 unspecified atom stereocenters. The van der Waals surface area contributed by atoms with E-state index in [0.29, 0.717) is 5.82 Å². The van der Waals surface area contributed by atoms with E-state index in [0.717, 1.165) is 39.1 Å². The quantitative estimate of drug-likeness (QED) is 0.912. The molecule has 5 nitrogen and oxygen atoms in total. The highest BCUT2D eigenvalue weighted by Gasteiger charge is 2.19. The number of aromatic amines is 1. The first-order valence-electron chi connectivity index (χ1n) is 7.69. The van der Waals surface area contributed by atoms with Crippen LogP contribution in [0.5, 0.6) is 0 Å². The van der Waals surface area contributed by atoms with Gasteiger partial charge in [0.05, 0.1) is 0 Å². The summed E-state index contributed by atoms with van der Waals surface area (Å²) in [4.78, 5) is 23.2. The zero-order valence-corrected chi connectivity index (χ0v) is 12.3. The molecule has 1 aromatic heterocycles. The zero-order chi connectivity index (χ0) is 14.5. The molecule has 0 spiro atoms. The number of anilines is 1. The summed E-state index contributed by atoms with van der Waals surface area (Å²) in [7, 11) is 0. The highest BCUT2D eigenvalue weighted by molar-refractivity contribution is 5.35. The first-order valence-corrected chi connectivity index (χ1v) is 7.69. The molecule has 1 fully saturated rings. The second kappa shape index (κ2) is 6.72. The number of aromatic nitrogens is 2. The second-order valence-electron chi connectivity index (χ2n) is 5.58. The number of nitrogens with one attached hydrogen (secondary N) is 1. The van der Waals surface area contributed by atoms with Crippen LogP contribution in [0, 0.1) is 0 Å². The van der Waals surface area contributed by atoms with E-state index in [1.54, 1.807) is 12.4 Å². The van der Waals surface area contributed by atoms with Gasteiger partial charge in [0.25, 0.3) is 5.56 Å². The van der Waals surface area contributed by atoms with Gasteiger partial charge in [-0.15, -0.1) is 0 Å². The van der Waals surface area contributed by atoms with Gasteiger partial charge in [0.1, 0.15) is 0 Å². The normalized spacial score (nSPS) is 19.6. The number of H-pyrrole nitrogens is 1. The summed E-state index contributed by atoms with van der Waals surface area (Å²) >= 11 is 0. The van der Waals surface area contributed by atoms with Crippen LogP contribution >= 0.6 is 0 Å². The van der Waals surface area contributed by atoms with Crippen LogP contribution < -0.4 is 10.5 Å². The van der Waals surface area contributed by atoms with Gasteiger partial charge in [0, 0.05) is 45.1 Å². The molecule has 0 radical (unpaired) electrons. The van der Waals surface area contributed by atoms with Crippen molar-refractivity contribution in [3.05, 3.63) is 46.5 Å². The molecule has 0 bridgehead atoms. The van der Waals surface area contributed by atoms with Crippen molar-refractivity contribution in [3.63, 3.8) is 0 Å². The maximum Gasteiger partial charge on any atom is 0.290 e. The third-order valence-corrected chi connectivity index (χ3v) is 4.15. The van der Waals surface area contributed by atoms with Crippen molar-refractivity contribution in [2.45, 2.75) is 19.3 Å². The van der Waals surface area contributed by atoms with Gasteiger partial charge < -0.3 is 9.88 Å². The SMILES string of the molecule is O=c1[nH]ccnc1N1CCN(CCC2=CCCC=C2)CC1. The smallest absolute Gasteiger partial charge is 0.290 e. The van der Waals surface area contributed by atoms with E-state index in [9.17, 15) is 4.79 Å². The van der Waals surface area contributed by atoms with Gasteiger partial charge in [0.2, 0.25) is 0 Å². The molecule has 3 rings (SSSR count). The Labute approximate surface area is 125 Å². The van der Waals surface area contributed by atoms with Gasteiger partial charge in [-0.05, 0) is 19.3 Å². The molecule has 2 heterocycles. The Morgan fingerprint density at radius 1 is 1.19 bits per heavy atom. The van der Waals surface area contributed by atoms with Crippen LogP contribution in [0.1, 0.15) is 19.3 Å². The lowest BCUT2D eigenvalue weighted by Crippen LogP contribution is -2.48. The van der Waals surface area contributed by atoms with E-state index in [2.05, 4.69) is 38.0 Å². The average molecular weight is 286 g/mol. The Morgan fingerprint density at radius 2 is 2.05 bits per heavy atom. The molecule has 1 aromatic rings. The summed E-state index contributed by atoms with van der Waals surface area (Å²) in [6.45, 7) is 4.83. The van der Waals surface area contributed by atoms with E-state index < -0.39 is 0 Å². The molecule has 0 amide bonds. The van der Waals surface area contributed by atoms with Gasteiger partial charge in [-0.25, -0.2) is 4.98 Å². The summed E-state index contributed by atoms with van der Waals surface area (Å²) in [5.41, 5.74) is 1.37. The predicted molar refractivity (Wildman–Crippen MR) is 84.6 cm³/mol. The molecule has 0 atom stereocenters. The summed E-state index contributed by atoms with van der Waals surface area (Å²) in [6.07, 6.45) is 13.6. The Morgan fingerprint density at radius 3 is 2.76 bits per heavy atom. The van der Waals surface area contributed by atoms with E-state index >= 15 is 0 Å². The minimum atomic E-state index is -0.0940. The molecule has 1 aliphatic heterocycles. The number of nitrogens with zero attached hydrogens (tertiary/aromatic N) is 3. The summed E-state index contributed by atoms with van der Waals surface area (Å²) < 4.78 is 0. The molecular weight excluding hydrogens is 264 g/mol. The largest absolute Gasteiger partial charge is 0.349 e. The number of hydrogen-bond acceptors (Lipinski definition) is 4. The van der Waals surface area contributed by atoms with Gasteiger partial charge in [-0.2, -0.15) is 0 Å². The number of piperazine rings is 1. The van der Waals surface area contributed by atoms with Crippen LogP contribution in [0.25, 0.3) is 0 Å². The molecule has 0 aromatic carbocycles. The number of rotatable bonds is 4. The predicted octanol–water partition coefficient (Wildman–Crippen LogP) is 1.56. The van der Waals surface area contributed by atoms with Crippen LogP contribution in [0.3, 0.4) is 0 Å². The van der Waals surface area contributed by atoms with Crippen molar-refractivity contribution < 1.29 is 0 Å². The monoisotopic (exact) mass is 286 g/mol. The van der Waals surface area contributed by atoms with Crippen LogP contribution in [-0.2, 0) is 0 Å². The van der Waals surface area contributed by atoms with Crippen molar-refractivity contribution in [1.29, 1.82) is 0 Å². The van der Waals surface area contributed by atoms with Gasteiger partial charge in [-0.1, -0.05) is 23.8 Å². The second-order valence-corrected chi connectivity index (χ2v) is 5.58. The van der Waals surface area contributed by atoms with E-state index in [4.69, 9.17) is 0 Å². The topological polar surface area (TPSA) is 52.2 Å². The summed E-state index contributed by atoms with van der Waals surface area (Å²) in [5, 5.41) is 0. The highest BCUT2D eigenvalue weighted by Crippen LogP contribution is 2.15. The first kappa shape index (κ1) is 14.1. The average Bonchev–Trinajstić information content (AvgIpc) is 2.55. The Balaban J connectivity index is 1.49. The summed E-state index contributed by atoms with van der Waals surface area (Å²) in [5.74, 6) is 0.551. The molecule has 1 aliphatic carbocycles. The Hall–Kier alpha value is -1.88. The maximum absolute atomic E-state index is 11.7. The van der Waals surface area contributed by atoms with Crippen molar-refractivity contribution in [3.8, 4) is 0 Å². The van der Waals surface area contributed by atoms with Gasteiger partial charge in [-0.3, -0.25) is 9.69 Å². The van der Waals surface area contributed by atoms with E-state index in [-0.39, 0.29) is 5.56 Å². The van der Waals surface area contributed by atoms with E-state index in [1.165, 1.54) is 18.4 Å².